The second-order valence-corrected chi connectivity index (χ2v) is 6.48. The molecule has 0 amide bonds. The van der Waals surface area contributed by atoms with Crippen LogP contribution in [0.2, 0.25) is 5.02 Å². The van der Waals surface area contributed by atoms with Crippen molar-refractivity contribution in [1.82, 2.24) is 20.1 Å². The highest BCUT2D eigenvalue weighted by atomic mass is 35.5. The summed E-state index contributed by atoms with van der Waals surface area (Å²) in [4.78, 5) is 4.37. The Hall–Kier alpha value is -1.39. The van der Waals surface area contributed by atoms with Crippen LogP contribution in [0, 0.1) is 13.8 Å². The normalized spacial score (nSPS) is 11.9. The molecule has 0 fully saturated rings. The van der Waals surface area contributed by atoms with Gasteiger partial charge in [-0.3, -0.25) is 0 Å². The van der Waals surface area contributed by atoms with Crippen LogP contribution in [0.5, 0.6) is 0 Å². The molecule has 0 spiro atoms. The van der Waals surface area contributed by atoms with E-state index in [0.717, 1.165) is 22.8 Å². The van der Waals surface area contributed by atoms with Crippen LogP contribution in [0.25, 0.3) is 5.82 Å². The van der Waals surface area contributed by atoms with E-state index in [9.17, 15) is 0 Å². The third-order valence-corrected chi connectivity index (χ3v) is 3.30. The summed E-state index contributed by atoms with van der Waals surface area (Å²) in [7, 11) is 0. The molecule has 20 heavy (non-hydrogen) atoms. The predicted octanol–water partition coefficient (Wildman–Crippen LogP) is 3.43. The molecule has 0 aromatic carbocycles. The third-order valence-electron chi connectivity index (χ3n) is 2.96. The molecular formula is C15H21ClN4. The van der Waals surface area contributed by atoms with E-state index in [1.54, 1.807) is 6.20 Å². The first-order valence-electron chi connectivity index (χ1n) is 6.69. The van der Waals surface area contributed by atoms with Crippen molar-refractivity contribution in [2.24, 2.45) is 0 Å². The van der Waals surface area contributed by atoms with Crippen molar-refractivity contribution in [3.05, 3.63) is 40.3 Å². The van der Waals surface area contributed by atoms with Gasteiger partial charge in [0.25, 0.3) is 0 Å². The first-order valence-corrected chi connectivity index (χ1v) is 7.07. The van der Waals surface area contributed by atoms with Gasteiger partial charge < -0.3 is 5.32 Å². The molecule has 0 atom stereocenters. The lowest BCUT2D eigenvalue weighted by molar-refractivity contribution is 0.424. The lowest BCUT2D eigenvalue weighted by Gasteiger charge is -2.21. The van der Waals surface area contributed by atoms with Crippen molar-refractivity contribution >= 4 is 11.6 Å². The van der Waals surface area contributed by atoms with Gasteiger partial charge in [0.2, 0.25) is 0 Å². The van der Waals surface area contributed by atoms with E-state index < -0.39 is 0 Å². The minimum Gasteiger partial charge on any atom is -0.308 e. The minimum atomic E-state index is 0.0466. The van der Waals surface area contributed by atoms with Gasteiger partial charge in [-0.25, -0.2) is 9.67 Å². The van der Waals surface area contributed by atoms with E-state index in [1.807, 2.05) is 30.7 Å². The van der Waals surface area contributed by atoms with Crippen LogP contribution < -0.4 is 5.32 Å². The van der Waals surface area contributed by atoms with Gasteiger partial charge in [0.05, 0.1) is 10.7 Å². The molecule has 0 aliphatic heterocycles. The molecule has 2 aromatic heterocycles. The molecule has 108 valence electrons. The van der Waals surface area contributed by atoms with E-state index in [0.29, 0.717) is 11.6 Å². The van der Waals surface area contributed by atoms with Crippen LogP contribution in [0.1, 0.15) is 37.7 Å². The monoisotopic (exact) mass is 292 g/mol. The molecule has 0 unspecified atom stereocenters. The zero-order chi connectivity index (χ0) is 14.9. The van der Waals surface area contributed by atoms with Crippen LogP contribution in [-0.2, 0) is 6.54 Å². The number of halogens is 1. The van der Waals surface area contributed by atoms with Gasteiger partial charge in [-0.05, 0) is 52.3 Å². The largest absolute Gasteiger partial charge is 0.308 e. The van der Waals surface area contributed by atoms with Crippen LogP contribution in [0.3, 0.4) is 0 Å². The SMILES string of the molecule is Cc1cc(C)n(-c2cc(CNC(C)(C)C)c(Cl)cn2)n1. The van der Waals surface area contributed by atoms with Gasteiger partial charge in [-0.15, -0.1) is 0 Å². The predicted molar refractivity (Wildman–Crippen MR) is 82.4 cm³/mol. The number of nitrogens with one attached hydrogen (secondary N) is 1. The molecular weight excluding hydrogens is 272 g/mol. The number of rotatable bonds is 3. The van der Waals surface area contributed by atoms with Gasteiger partial charge in [0.1, 0.15) is 0 Å². The topological polar surface area (TPSA) is 42.7 Å². The highest BCUT2D eigenvalue weighted by Gasteiger charge is 2.12. The van der Waals surface area contributed by atoms with Crippen molar-refractivity contribution in [3.8, 4) is 5.82 Å². The zero-order valence-corrected chi connectivity index (χ0v) is 13.4. The molecule has 0 aliphatic rings. The van der Waals surface area contributed by atoms with Gasteiger partial charge in [0, 0.05) is 24.0 Å². The van der Waals surface area contributed by atoms with E-state index in [4.69, 9.17) is 11.6 Å². The third kappa shape index (κ3) is 3.58. The fourth-order valence-electron chi connectivity index (χ4n) is 1.94. The van der Waals surface area contributed by atoms with Crippen molar-refractivity contribution in [1.29, 1.82) is 0 Å². The number of aryl methyl sites for hydroxylation is 2. The highest BCUT2D eigenvalue weighted by molar-refractivity contribution is 6.31. The molecule has 2 aromatic rings. The fourth-order valence-corrected chi connectivity index (χ4v) is 2.11. The molecule has 0 saturated heterocycles. The van der Waals surface area contributed by atoms with Crippen molar-refractivity contribution in [2.45, 2.75) is 46.7 Å². The van der Waals surface area contributed by atoms with Crippen LogP contribution >= 0.6 is 11.6 Å². The molecule has 5 heteroatoms. The number of nitrogens with zero attached hydrogens (tertiary/aromatic N) is 3. The Balaban J connectivity index is 2.31. The Morgan fingerprint density at radius 3 is 2.50 bits per heavy atom. The number of hydrogen-bond acceptors (Lipinski definition) is 3. The highest BCUT2D eigenvalue weighted by Crippen LogP contribution is 2.19. The summed E-state index contributed by atoms with van der Waals surface area (Å²) in [6, 6.07) is 4.02. The van der Waals surface area contributed by atoms with Gasteiger partial charge in [0.15, 0.2) is 5.82 Å². The Kier molecular flexibility index (Phi) is 4.16. The first kappa shape index (κ1) is 15.0. The zero-order valence-electron chi connectivity index (χ0n) is 12.7. The lowest BCUT2D eigenvalue weighted by atomic mass is 10.1. The Bertz CT molecular complexity index is 611. The Morgan fingerprint density at radius 1 is 1.25 bits per heavy atom. The Morgan fingerprint density at radius 2 is 1.95 bits per heavy atom. The van der Waals surface area contributed by atoms with Crippen LogP contribution in [0.4, 0.5) is 0 Å². The van der Waals surface area contributed by atoms with Gasteiger partial charge in [-0.2, -0.15) is 5.10 Å². The minimum absolute atomic E-state index is 0.0466. The first-order chi connectivity index (χ1) is 9.26. The molecule has 0 radical (unpaired) electrons. The average Bonchev–Trinajstić information content (AvgIpc) is 2.66. The number of pyridine rings is 1. The molecule has 0 bridgehead atoms. The smallest absolute Gasteiger partial charge is 0.153 e. The molecule has 2 rings (SSSR count). The summed E-state index contributed by atoms with van der Waals surface area (Å²) in [5, 5.41) is 8.56. The molecule has 1 N–H and O–H groups in total. The second kappa shape index (κ2) is 5.54. The van der Waals surface area contributed by atoms with E-state index in [-0.39, 0.29) is 5.54 Å². The maximum absolute atomic E-state index is 6.23. The van der Waals surface area contributed by atoms with Crippen molar-refractivity contribution < 1.29 is 0 Å². The quantitative estimate of drug-likeness (QED) is 0.942. The summed E-state index contributed by atoms with van der Waals surface area (Å²) in [5.41, 5.74) is 3.12. The fraction of sp³-hybridized carbons (Fsp3) is 0.467. The maximum atomic E-state index is 6.23. The van der Waals surface area contributed by atoms with E-state index in [2.05, 4.69) is 36.2 Å². The summed E-state index contributed by atoms with van der Waals surface area (Å²) >= 11 is 6.23. The van der Waals surface area contributed by atoms with Crippen LogP contribution in [0.15, 0.2) is 18.3 Å². The summed E-state index contributed by atoms with van der Waals surface area (Å²) in [6.45, 7) is 11.1. The molecule has 4 nitrogen and oxygen atoms in total. The molecule has 0 saturated carbocycles. The molecule has 0 aliphatic carbocycles. The Labute approximate surface area is 125 Å². The van der Waals surface area contributed by atoms with Crippen molar-refractivity contribution in [3.63, 3.8) is 0 Å². The van der Waals surface area contributed by atoms with Gasteiger partial charge >= 0.3 is 0 Å². The number of aromatic nitrogens is 3. The summed E-state index contributed by atoms with van der Waals surface area (Å²) in [5.74, 6) is 0.797. The van der Waals surface area contributed by atoms with E-state index in [1.165, 1.54) is 0 Å². The van der Waals surface area contributed by atoms with Crippen molar-refractivity contribution in [2.75, 3.05) is 0 Å². The number of hydrogen-bond donors (Lipinski definition) is 1. The standard InChI is InChI=1S/C15H21ClN4/c1-10-6-11(2)20(19-10)14-7-12(13(16)9-17-14)8-18-15(3,4)5/h6-7,9,18H,8H2,1-5H3. The summed E-state index contributed by atoms with van der Waals surface area (Å²) in [6.07, 6.45) is 1.69. The second-order valence-electron chi connectivity index (χ2n) is 6.08. The molecule has 2 heterocycles. The lowest BCUT2D eigenvalue weighted by Crippen LogP contribution is -2.35. The van der Waals surface area contributed by atoms with Gasteiger partial charge in [-0.1, -0.05) is 11.6 Å². The average molecular weight is 293 g/mol. The summed E-state index contributed by atoms with van der Waals surface area (Å²) < 4.78 is 1.84. The maximum Gasteiger partial charge on any atom is 0.153 e. The van der Waals surface area contributed by atoms with Crippen LogP contribution in [-0.4, -0.2) is 20.3 Å². The van der Waals surface area contributed by atoms with E-state index >= 15 is 0 Å².